The smallest absolute Gasteiger partial charge is 0.163 e. The third-order valence-electron chi connectivity index (χ3n) is 4.22. The Morgan fingerprint density at radius 1 is 1.00 bits per heavy atom. The summed E-state index contributed by atoms with van der Waals surface area (Å²) in [6, 6.07) is 14.5. The second kappa shape index (κ2) is 4.07. The molecule has 0 aliphatic heterocycles. The molecule has 2 heteroatoms. The fraction of sp³-hybridized carbons (Fsp3) is 0.167. The van der Waals surface area contributed by atoms with Crippen LogP contribution in [0.1, 0.15) is 22.3 Å². The highest BCUT2D eigenvalue weighted by molar-refractivity contribution is 6.15. The zero-order chi connectivity index (χ0) is 13.7. The molecule has 0 bridgehead atoms. The first-order chi connectivity index (χ1) is 9.79. The second-order valence-electron chi connectivity index (χ2n) is 5.24. The van der Waals surface area contributed by atoms with E-state index in [1.807, 2.05) is 18.2 Å². The number of hydrogen-bond acceptors (Lipinski definition) is 2. The van der Waals surface area contributed by atoms with Crippen molar-refractivity contribution in [1.29, 1.82) is 0 Å². The van der Waals surface area contributed by atoms with Crippen LogP contribution in [0, 0.1) is 0 Å². The molecule has 0 radical (unpaired) electrons. The van der Waals surface area contributed by atoms with Gasteiger partial charge < -0.3 is 4.74 Å². The number of carbonyl (C=O) groups is 1. The molecule has 0 spiro atoms. The van der Waals surface area contributed by atoms with Gasteiger partial charge in [0.1, 0.15) is 5.75 Å². The maximum atomic E-state index is 12.0. The van der Waals surface area contributed by atoms with Crippen LogP contribution >= 0.6 is 0 Å². The van der Waals surface area contributed by atoms with Crippen molar-refractivity contribution in [1.82, 2.24) is 0 Å². The van der Waals surface area contributed by atoms with E-state index in [1.54, 1.807) is 7.11 Å². The van der Waals surface area contributed by atoms with Gasteiger partial charge in [-0.05, 0) is 34.2 Å². The largest absolute Gasteiger partial charge is 0.496 e. The molecule has 1 aliphatic rings. The summed E-state index contributed by atoms with van der Waals surface area (Å²) in [5.41, 5.74) is 2.01. The lowest BCUT2D eigenvalue weighted by Crippen LogP contribution is -1.95. The van der Waals surface area contributed by atoms with Gasteiger partial charge in [-0.25, -0.2) is 0 Å². The summed E-state index contributed by atoms with van der Waals surface area (Å²) >= 11 is 0. The molecule has 98 valence electrons. The summed E-state index contributed by atoms with van der Waals surface area (Å²) in [5, 5.41) is 4.66. The van der Waals surface area contributed by atoms with Crippen LogP contribution in [0.4, 0.5) is 0 Å². The van der Waals surface area contributed by atoms with Crippen LogP contribution in [-0.4, -0.2) is 12.9 Å². The van der Waals surface area contributed by atoms with Gasteiger partial charge in [0, 0.05) is 17.4 Å². The third-order valence-corrected chi connectivity index (χ3v) is 4.22. The van der Waals surface area contributed by atoms with Crippen molar-refractivity contribution in [3.05, 3.63) is 53.6 Å². The summed E-state index contributed by atoms with van der Waals surface area (Å²) in [6.45, 7) is 0. The van der Waals surface area contributed by atoms with E-state index >= 15 is 0 Å². The highest BCUT2D eigenvalue weighted by Crippen LogP contribution is 2.39. The van der Waals surface area contributed by atoms with Crippen molar-refractivity contribution in [2.24, 2.45) is 0 Å². The molecular formula is C18H14O2. The van der Waals surface area contributed by atoms with Gasteiger partial charge in [-0.1, -0.05) is 36.4 Å². The highest BCUT2D eigenvalue weighted by atomic mass is 16.5. The number of rotatable bonds is 1. The Morgan fingerprint density at radius 2 is 1.85 bits per heavy atom. The molecule has 0 unspecified atom stereocenters. The van der Waals surface area contributed by atoms with Gasteiger partial charge >= 0.3 is 0 Å². The zero-order valence-corrected chi connectivity index (χ0v) is 11.3. The van der Waals surface area contributed by atoms with E-state index in [-0.39, 0.29) is 5.78 Å². The molecule has 2 nitrogen and oxygen atoms in total. The monoisotopic (exact) mass is 262 g/mol. The summed E-state index contributed by atoms with van der Waals surface area (Å²) in [4.78, 5) is 12.0. The van der Waals surface area contributed by atoms with E-state index < -0.39 is 0 Å². The van der Waals surface area contributed by atoms with E-state index in [2.05, 4.69) is 24.3 Å². The van der Waals surface area contributed by atoms with E-state index in [1.165, 1.54) is 16.3 Å². The molecule has 20 heavy (non-hydrogen) atoms. The van der Waals surface area contributed by atoms with Crippen LogP contribution in [0.15, 0.2) is 42.5 Å². The molecule has 0 saturated carbocycles. The zero-order valence-electron chi connectivity index (χ0n) is 11.3. The lowest BCUT2D eigenvalue weighted by molar-refractivity contribution is 0.0994. The predicted octanol–water partition coefficient (Wildman–Crippen LogP) is 4.13. The number of hydrogen-bond donors (Lipinski definition) is 0. The number of ketones is 1. The van der Waals surface area contributed by atoms with Crippen molar-refractivity contribution < 1.29 is 9.53 Å². The predicted molar refractivity (Wildman–Crippen MR) is 80.7 cm³/mol. The first-order valence-electron chi connectivity index (χ1n) is 6.84. The van der Waals surface area contributed by atoms with Gasteiger partial charge in [-0.3, -0.25) is 4.79 Å². The van der Waals surface area contributed by atoms with Gasteiger partial charge in [-0.15, -0.1) is 0 Å². The second-order valence-corrected chi connectivity index (χ2v) is 5.24. The lowest BCUT2D eigenvalue weighted by Gasteiger charge is -2.12. The summed E-state index contributed by atoms with van der Waals surface area (Å²) in [6.07, 6.45) is 1.46. The molecule has 3 aromatic rings. The summed E-state index contributed by atoms with van der Waals surface area (Å²) < 4.78 is 5.56. The fourth-order valence-corrected chi connectivity index (χ4v) is 3.28. The highest BCUT2D eigenvalue weighted by Gasteiger charge is 2.24. The lowest BCUT2D eigenvalue weighted by atomic mass is 9.95. The molecule has 3 aromatic carbocycles. The van der Waals surface area contributed by atoms with Crippen LogP contribution in [0.3, 0.4) is 0 Å². The number of ether oxygens (including phenoxy) is 1. The topological polar surface area (TPSA) is 26.3 Å². The number of benzene rings is 3. The average Bonchev–Trinajstić information content (AvgIpc) is 2.87. The fourth-order valence-electron chi connectivity index (χ4n) is 3.28. The Labute approximate surface area is 117 Å². The molecule has 0 fully saturated rings. The number of fused-ring (bicyclic) bond motifs is 5. The minimum Gasteiger partial charge on any atom is -0.496 e. The van der Waals surface area contributed by atoms with Crippen LogP contribution in [-0.2, 0) is 6.42 Å². The number of carbonyl (C=O) groups excluding carboxylic acids is 1. The quantitative estimate of drug-likeness (QED) is 0.616. The maximum Gasteiger partial charge on any atom is 0.163 e. The van der Waals surface area contributed by atoms with Gasteiger partial charge in [0.25, 0.3) is 0 Å². The van der Waals surface area contributed by atoms with E-state index in [0.717, 1.165) is 28.5 Å². The SMILES string of the molecule is COc1cc2c(c3ccc4ccccc4c13)CCC2=O. The normalized spacial score (nSPS) is 13.9. The maximum absolute atomic E-state index is 12.0. The Balaban J connectivity index is 2.24. The third kappa shape index (κ3) is 1.42. The van der Waals surface area contributed by atoms with Crippen LogP contribution in [0.2, 0.25) is 0 Å². The molecule has 4 rings (SSSR count). The molecule has 0 atom stereocenters. The van der Waals surface area contributed by atoms with E-state index in [0.29, 0.717) is 6.42 Å². The Morgan fingerprint density at radius 3 is 2.70 bits per heavy atom. The Hall–Kier alpha value is -2.35. The van der Waals surface area contributed by atoms with Crippen molar-refractivity contribution in [2.45, 2.75) is 12.8 Å². The van der Waals surface area contributed by atoms with E-state index in [4.69, 9.17) is 4.74 Å². The number of Topliss-reactive ketones (excluding diaryl/α,β-unsaturated/α-hetero) is 1. The van der Waals surface area contributed by atoms with Gasteiger partial charge in [0.05, 0.1) is 7.11 Å². The summed E-state index contributed by atoms with van der Waals surface area (Å²) in [5.74, 6) is 1.03. The minimum absolute atomic E-state index is 0.230. The van der Waals surface area contributed by atoms with Crippen molar-refractivity contribution in [3.63, 3.8) is 0 Å². The van der Waals surface area contributed by atoms with Crippen molar-refractivity contribution >= 4 is 27.3 Å². The molecule has 0 N–H and O–H groups in total. The van der Waals surface area contributed by atoms with Gasteiger partial charge in [-0.2, -0.15) is 0 Å². The average molecular weight is 262 g/mol. The van der Waals surface area contributed by atoms with Crippen LogP contribution in [0.25, 0.3) is 21.5 Å². The first-order valence-corrected chi connectivity index (χ1v) is 6.84. The first kappa shape index (κ1) is 11.5. The molecular weight excluding hydrogens is 248 g/mol. The van der Waals surface area contributed by atoms with Gasteiger partial charge in [0.2, 0.25) is 0 Å². The molecule has 0 heterocycles. The standard InChI is InChI=1S/C18H14O2/c1-20-17-10-15-13(8-9-16(15)19)14-7-6-11-4-2-3-5-12(11)18(14)17/h2-7,10H,8-9H2,1H3. The number of methoxy groups -OCH3 is 1. The minimum atomic E-state index is 0.230. The van der Waals surface area contributed by atoms with E-state index in [9.17, 15) is 4.79 Å². The van der Waals surface area contributed by atoms with Crippen LogP contribution < -0.4 is 4.74 Å². The molecule has 0 saturated heterocycles. The molecule has 0 aromatic heterocycles. The Kier molecular flexibility index (Phi) is 2.34. The summed E-state index contributed by atoms with van der Waals surface area (Å²) in [7, 11) is 1.67. The van der Waals surface area contributed by atoms with Gasteiger partial charge in [0.15, 0.2) is 5.78 Å². The molecule has 1 aliphatic carbocycles. The Bertz CT molecular complexity index is 862. The van der Waals surface area contributed by atoms with Crippen LogP contribution in [0.5, 0.6) is 5.75 Å². The van der Waals surface area contributed by atoms with Crippen molar-refractivity contribution in [3.8, 4) is 5.75 Å². The molecule has 0 amide bonds. The number of aryl methyl sites for hydroxylation is 1. The van der Waals surface area contributed by atoms with Crippen molar-refractivity contribution in [2.75, 3.05) is 7.11 Å².